The summed E-state index contributed by atoms with van der Waals surface area (Å²) in [5.74, 6) is 2.17. The number of hydrogen-bond donors (Lipinski definition) is 1. The lowest BCUT2D eigenvalue weighted by Gasteiger charge is -2.47. The Hall–Kier alpha value is -0.0800. The van der Waals surface area contributed by atoms with Gasteiger partial charge in [-0.3, -0.25) is 0 Å². The van der Waals surface area contributed by atoms with Gasteiger partial charge in [0.1, 0.15) is 0 Å². The molecule has 0 spiro atoms. The summed E-state index contributed by atoms with van der Waals surface area (Å²) in [6.45, 7) is 7.96. The van der Waals surface area contributed by atoms with E-state index in [9.17, 15) is 0 Å². The number of ether oxygens (including phenoxy) is 1. The van der Waals surface area contributed by atoms with Crippen molar-refractivity contribution in [1.82, 2.24) is 0 Å². The maximum Gasteiger partial charge on any atom is 0.0593 e. The van der Waals surface area contributed by atoms with E-state index >= 15 is 0 Å². The molecule has 1 saturated heterocycles. The van der Waals surface area contributed by atoms with Gasteiger partial charge in [-0.05, 0) is 49.9 Å². The Balaban J connectivity index is 2.04. The normalized spacial score (nSPS) is 43.2. The SMILES string of the molecule is CC1CCC(C(C)C)C(N)(CC2CCCO2)C1. The van der Waals surface area contributed by atoms with E-state index in [-0.39, 0.29) is 5.54 Å². The Morgan fingerprint density at radius 1 is 1.29 bits per heavy atom. The Morgan fingerprint density at radius 3 is 2.65 bits per heavy atom. The van der Waals surface area contributed by atoms with Crippen molar-refractivity contribution in [2.24, 2.45) is 23.5 Å². The van der Waals surface area contributed by atoms with Crippen LogP contribution in [0.15, 0.2) is 0 Å². The highest BCUT2D eigenvalue weighted by atomic mass is 16.5. The molecule has 0 aromatic carbocycles. The van der Waals surface area contributed by atoms with Crippen LogP contribution in [0.5, 0.6) is 0 Å². The molecule has 1 heterocycles. The summed E-state index contributed by atoms with van der Waals surface area (Å²) in [4.78, 5) is 0. The summed E-state index contributed by atoms with van der Waals surface area (Å²) in [5.41, 5.74) is 6.82. The fourth-order valence-corrected chi connectivity index (χ4v) is 4.11. The topological polar surface area (TPSA) is 35.2 Å². The molecule has 2 N–H and O–H groups in total. The fraction of sp³-hybridized carbons (Fsp3) is 1.00. The third-order valence-corrected chi connectivity index (χ3v) is 4.87. The molecule has 100 valence electrons. The molecule has 0 aromatic heterocycles. The zero-order chi connectivity index (χ0) is 12.5. The number of nitrogens with two attached hydrogens (primary N) is 1. The first-order valence-corrected chi connectivity index (χ1v) is 7.42. The lowest BCUT2D eigenvalue weighted by Crippen LogP contribution is -2.54. The third kappa shape index (κ3) is 3.03. The van der Waals surface area contributed by atoms with Gasteiger partial charge in [0.15, 0.2) is 0 Å². The second-order valence-corrected chi connectivity index (χ2v) is 6.81. The van der Waals surface area contributed by atoms with Gasteiger partial charge in [-0.2, -0.15) is 0 Å². The lowest BCUT2D eigenvalue weighted by atomic mass is 9.63. The molecule has 2 rings (SSSR count). The number of hydrogen-bond acceptors (Lipinski definition) is 2. The van der Waals surface area contributed by atoms with Crippen LogP contribution in [-0.4, -0.2) is 18.2 Å². The first kappa shape index (κ1) is 13.4. The van der Waals surface area contributed by atoms with Crippen molar-refractivity contribution in [2.45, 2.75) is 70.9 Å². The zero-order valence-electron chi connectivity index (χ0n) is 11.7. The predicted molar refractivity (Wildman–Crippen MR) is 71.9 cm³/mol. The second-order valence-electron chi connectivity index (χ2n) is 6.81. The van der Waals surface area contributed by atoms with Gasteiger partial charge in [0.25, 0.3) is 0 Å². The van der Waals surface area contributed by atoms with Crippen LogP contribution in [0.3, 0.4) is 0 Å². The van der Waals surface area contributed by atoms with Gasteiger partial charge in [-0.1, -0.05) is 27.2 Å². The molecule has 2 fully saturated rings. The van der Waals surface area contributed by atoms with Crippen LogP contribution in [0.4, 0.5) is 0 Å². The molecule has 4 atom stereocenters. The van der Waals surface area contributed by atoms with E-state index in [0.29, 0.717) is 17.9 Å². The standard InChI is InChI=1S/C15H29NO/c1-11(2)14-7-6-12(3)9-15(14,16)10-13-5-4-8-17-13/h11-14H,4-10,16H2,1-3H3. The third-order valence-electron chi connectivity index (χ3n) is 4.87. The lowest BCUT2D eigenvalue weighted by molar-refractivity contribution is 0.0317. The van der Waals surface area contributed by atoms with Crippen molar-refractivity contribution in [3.8, 4) is 0 Å². The molecular formula is C15H29NO. The van der Waals surface area contributed by atoms with Crippen molar-refractivity contribution < 1.29 is 4.74 Å². The summed E-state index contributed by atoms with van der Waals surface area (Å²) >= 11 is 0. The van der Waals surface area contributed by atoms with Crippen LogP contribution in [0.1, 0.15) is 59.3 Å². The zero-order valence-corrected chi connectivity index (χ0v) is 11.7. The Labute approximate surface area is 106 Å². The van der Waals surface area contributed by atoms with Crippen molar-refractivity contribution in [2.75, 3.05) is 6.61 Å². The first-order chi connectivity index (χ1) is 8.01. The average Bonchev–Trinajstić information content (AvgIpc) is 2.68. The fourth-order valence-electron chi connectivity index (χ4n) is 4.11. The van der Waals surface area contributed by atoms with E-state index in [1.807, 2.05) is 0 Å². The van der Waals surface area contributed by atoms with Gasteiger partial charge in [-0.15, -0.1) is 0 Å². The molecule has 1 aliphatic carbocycles. The quantitative estimate of drug-likeness (QED) is 0.819. The minimum atomic E-state index is 0.0286. The van der Waals surface area contributed by atoms with Crippen LogP contribution in [0.25, 0.3) is 0 Å². The molecule has 17 heavy (non-hydrogen) atoms. The van der Waals surface area contributed by atoms with Crippen LogP contribution in [0, 0.1) is 17.8 Å². The van der Waals surface area contributed by atoms with E-state index in [4.69, 9.17) is 10.5 Å². The smallest absolute Gasteiger partial charge is 0.0593 e. The van der Waals surface area contributed by atoms with E-state index in [0.717, 1.165) is 18.9 Å². The number of rotatable bonds is 3. The van der Waals surface area contributed by atoms with Gasteiger partial charge in [0.2, 0.25) is 0 Å². The predicted octanol–water partition coefficient (Wildman–Crippen LogP) is 3.35. The van der Waals surface area contributed by atoms with Gasteiger partial charge < -0.3 is 10.5 Å². The summed E-state index contributed by atoms with van der Waals surface area (Å²) in [5, 5.41) is 0. The van der Waals surface area contributed by atoms with Gasteiger partial charge in [0, 0.05) is 12.1 Å². The minimum absolute atomic E-state index is 0.0286. The molecule has 0 amide bonds. The second kappa shape index (κ2) is 5.27. The summed E-state index contributed by atoms with van der Waals surface area (Å²) < 4.78 is 5.80. The van der Waals surface area contributed by atoms with Crippen molar-refractivity contribution >= 4 is 0 Å². The highest BCUT2D eigenvalue weighted by Crippen LogP contribution is 2.43. The van der Waals surface area contributed by atoms with E-state index in [2.05, 4.69) is 20.8 Å². The Kier molecular flexibility index (Phi) is 4.14. The van der Waals surface area contributed by atoms with Gasteiger partial charge in [0.05, 0.1) is 6.10 Å². The van der Waals surface area contributed by atoms with Crippen molar-refractivity contribution in [1.29, 1.82) is 0 Å². The summed E-state index contributed by atoms with van der Waals surface area (Å²) in [7, 11) is 0. The maximum absolute atomic E-state index is 6.79. The van der Waals surface area contributed by atoms with E-state index in [1.54, 1.807) is 0 Å². The molecule has 2 heteroatoms. The Morgan fingerprint density at radius 2 is 2.06 bits per heavy atom. The summed E-state index contributed by atoms with van der Waals surface area (Å²) in [6, 6.07) is 0. The highest BCUT2D eigenvalue weighted by molar-refractivity contribution is 4.99. The minimum Gasteiger partial charge on any atom is -0.378 e. The average molecular weight is 239 g/mol. The molecule has 0 bridgehead atoms. The summed E-state index contributed by atoms with van der Waals surface area (Å²) in [6.07, 6.45) is 7.82. The van der Waals surface area contributed by atoms with Crippen LogP contribution < -0.4 is 5.73 Å². The van der Waals surface area contributed by atoms with Crippen LogP contribution in [-0.2, 0) is 4.74 Å². The van der Waals surface area contributed by atoms with Gasteiger partial charge in [-0.25, -0.2) is 0 Å². The maximum atomic E-state index is 6.79. The van der Waals surface area contributed by atoms with E-state index < -0.39 is 0 Å². The Bertz CT molecular complexity index is 247. The largest absolute Gasteiger partial charge is 0.378 e. The highest BCUT2D eigenvalue weighted by Gasteiger charge is 2.43. The molecule has 0 aromatic rings. The van der Waals surface area contributed by atoms with Crippen LogP contribution >= 0.6 is 0 Å². The van der Waals surface area contributed by atoms with Crippen molar-refractivity contribution in [3.05, 3.63) is 0 Å². The molecule has 1 aliphatic heterocycles. The van der Waals surface area contributed by atoms with Crippen LogP contribution in [0.2, 0.25) is 0 Å². The first-order valence-electron chi connectivity index (χ1n) is 7.42. The van der Waals surface area contributed by atoms with Gasteiger partial charge >= 0.3 is 0 Å². The molecule has 4 unspecified atom stereocenters. The van der Waals surface area contributed by atoms with Crippen molar-refractivity contribution in [3.63, 3.8) is 0 Å². The molecular weight excluding hydrogens is 210 g/mol. The molecule has 2 nitrogen and oxygen atoms in total. The monoisotopic (exact) mass is 239 g/mol. The molecule has 1 saturated carbocycles. The molecule has 0 radical (unpaired) electrons. The van der Waals surface area contributed by atoms with E-state index in [1.165, 1.54) is 32.1 Å². The molecule has 2 aliphatic rings.